The predicted molar refractivity (Wildman–Crippen MR) is 151 cm³/mol. The number of phenolic OH excluding ortho intramolecular Hbond substituents is 1. The van der Waals surface area contributed by atoms with E-state index in [2.05, 4.69) is 35.9 Å². The summed E-state index contributed by atoms with van der Waals surface area (Å²) in [7, 11) is 1.89. The Kier molecular flexibility index (Phi) is 11.1. The second-order valence-corrected chi connectivity index (χ2v) is 10.1. The Balaban J connectivity index is 1.44. The molecule has 0 aliphatic rings. The molecule has 6 heteroatoms. The van der Waals surface area contributed by atoms with Gasteiger partial charge in [-0.1, -0.05) is 62.9 Å². The molecular formula is C31H43N3O3. The molecule has 0 spiro atoms. The fraction of sp³-hybridized carbons (Fsp3) is 0.484. The number of nitrogens with zero attached hydrogens (tertiary/aromatic N) is 2. The van der Waals surface area contributed by atoms with Crippen molar-refractivity contribution in [3.05, 3.63) is 65.4 Å². The lowest BCUT2D eigenvalue weighted by molar-refractivity contribution is -0.130. The highest BCUT2D eigenvalue weighted by Gasteiger charge is 2.17. The smallest absolute Gasteiger partial charge is 0.224 e. The topological polar surface area (TPSA) is 74.6 Å². The first kappa shape index (κ1) is 28.3. The van der Waals surface area contributed by atoms with E-state index in [-0.39, 0.29) is 17.6 Å². The number of hydrogen-bond acceptors (Lipinski definition) is 3. The fourth-order valence-corrected chi connectivity index (χ4v) is 4.83. The van der Waals surface area contributed by atoms with Gasteiger partial charge in [0.2, 0.25) is 11.8 Å². The van der Waals surface area contributed by atoms with E-state index >= 15 is 0 Å². The molecule has 3 rings (SSSR count). The third kappa shape index (κ3) is 8.38. The van der Waals surface area contributed by atoms with E-state index in [1.54, 1.807) is 12.1 Å². The van der Waals surface area contributed by atoms with Crippen molar-refractivity contribution in [3.8, 4) is 5.75 Å². The van der Waals surface area contributed by atoms with Crippen LogP contribution in [0, 0.1) is 6.92 Å². The molecule has 0 unspecified atom stereocenters. The first-order valence-corrected chi connectivity index (χ1v) is 13.8. The number of aromatic hydroxyl groups is 1. The summed E-state index contributed by atoms with van der Waals surface area (Å²) in [6.45, 7) is 6.41. The number of amides is 2. The third-order valence-corrected chi connectivity index (χ3v) is 7.12. The zero-order valence-corrected chi connectivity index (χ0v) is 22.8. The van der Waals surface area contributed by atoms with Gasteiger partial charge in [-0.25, -0.2) is 0 Å². The van der Waals surface area contributed by atoms with Crippen LogP contribution in [0.1, 0.15) is 75.1 Å². The van der Waals surface area contributed by atoms with E-state index in [4.69, 9.17) is 0 Å². The summed E-state index contributed by atoms with van der Waals surface area (Å²) in [5, 5.41) is 14.1. The van der Waals surface area contributed by atoms with Gasteiger partial charge in [-0.05, 0) is 55.5 Å². The monoisotopic (exact) mass is 505 g/mol. The van der Waals surface area contributed by atoms with Gasteiger partial charge in [0.15, 0.2) is 0 Å². The van der Waals surface area contributed by atoms with Gasteiger partial charge in [-0.2, -0.15) is 0 Å². The zero-order valence-electron chi connectivity index (χ0n) is 22.8. The van der Waals surface area contributed by atoms with Crippen LogP contribution < -0.4 is 5.32 Å². The molecule has 0 atom stereocenters. The highest BCUT2D eigenvalue weighted by Crippen LogP contribution is 2.30. The summed E-state index contributed by atoms with van der Waals surface area (Å²) in [6.07, 6.45) is 8.12. The molecule has 0 aliphatic heterocycles. The van der Waals surface area contributed by atoms with Crippen molar-refractivity contribution in [2.45, 2.75) is 78.2 Å². The van der Waals surface area contributed by atoms with Crippen LogP contribution in [0.5, 0.6) is 5.75 Å². The van der Waals surface area contributed by atoms with Crippen molar-refractivity contribution < 1.29 is 14.7 Å². The number of carbonyl (C=O) groups excluding carboxylic acids is 2. The summed E-state index contributed by atoms with van der Waals surface area (Å²) in [6, 6.07) is 15.7. The van der Waals surface area contributed by atoms with Crippen LogP contribution in [-0.4, -0.2) is 46.5 Å². The Morgan fingerprint density at radius 2 is 1.70 bits per heavy atom. The van der Waals surface area contributed by atoms with E-state index in [0.717, 1.165) is 80.2 Å². The molecule has 1 aromatic heterocycles. The molecule has 2 aromatic carbocycles. The van der Waals surface area contributed by atoms with Gasteiger partial charge < -0.3 is 19.9 Å². The lowest BCUT2D eigenvalue weighted by Gasteiger charge is -2.16. The van der Waals surface area contributed by atoms with Crippen molar-refractivity contribution in [3.63, 3.8) is 0 Å². The highest BCUT2D eigenvalue weighted by molar-refractivity contribution is 5.91. The lowest BCUT2D eigenvalue weighted by atomic mass is 10.1. The van der Waals surface area contributed by atoms with Crippen molar-refractivity contribution >= 4 is 22.7 Å². The highest BCUT2D eigenvalue weighted by atomic mass is 16.3. The van der Waals surface area contributed by atoms with E-state index in [9.17, 15) is 14.7 Å². The first-order chi connectivity index (χ1) is 17.9. The number of rotatable bonds is 15. The van der Waals surface area contributed by atoms with Gasteiger partial charge in [0.1, 0.15) is 5.75 Å². The van der Waals surface area contributed by atoms with Crippen LogP contribution >= 0.6 is 0 Å². The molecule has 6 nitrogen and oxygen atoms in total. The number of carbonyl (C=O) groups is 2. The predicted octanol–water partition coefficient (Wildman–Crippen LogP) is 5.96. The van der Waals surface area contributed by atoms with Gasteiger partial charge in [-0.3, -0.25) is 9.59 Å². The summed E-state index contributed by atoms with van der Waals surface area (Å²) < 4.78 is 2.22. The SMILES string of the molecule is CCCCN(C)C(=O)CCCCCCCNC(=O)Cc1c(C)n(Cc2ccccc2)c2ccc(O)cc12. The summed E-state index contributed by atoms with van der Waals surface area (Å²) in [5.74, 6) is 0.459. The number of nitrogens with one attached hydrogen (secondary N) is 1. The number of phenols is 1. The van der Waals surface area contributed by atoms with Crippen molar-refractivity contribution in [2.24, 2.45) is 0 Å². The molecule has 2 amide bonds. The van der Waals surface area contributed by atoms with Crippen LogP contribution in [0.15, 0.2) is 48.5 Å². The van der Waals surface area contributed by atoms with Crippen molar-refractivity contribution in [1.82, 2.24) is 14.8 Å². The maximum atomic E-state index is 12.8. The molecule has 37 heavy (non-hydrogen) atoms. The van der Waals surface area contributed by atoms with E-state index < -0.39 is 0 Å². The Hall–Kier alpha value is -3.28. The van der Waals surface area contributed by atoms with Crippen LogP contribution in [-0.2, 0) is 22.6 Å². The second-order valence-electron chi connectivity index (χ2n) is 10.1. The minimum atomic E-state index is 0.00548. The van der Waals surface area contributed by atoms with Gasteiger partial charge >= 0.3 is 0 Å². The number of hydrogen-bond donors (Lipinski definition) is 2. The maximum absolute atomic E-state index is 12.8. The average Bonchev–Trinajstić information content (AvgIpc) is 3.14. The fourth-order valence-electron chi connectivity index (χ4n) is 4.83. The van der Waals surface area contributed by atoms with Crippen LogP contribution in [0.3, 0.4) is 0 Å². The largest absolute Gasteiger partial charge is 0.508 e. The molecule has 0 fully saturated rings. The quantitative estimate of drug-likeness (QED) is 0.250. The van der Waals surface area contributed by atoms with E-state index in [0.29, 0.717) is 19.4 Å². The Morgan fingerprint density at radius 3 is 2.46 bits per heavy atom. The number of aromatic nitrogens is 1. The summed E-state index contributed by atoms with van der Waals surface area (Å²) >= 11 is 0. The van der Waals surface area contributed by atoms with Crippen molar-refractivity contribution in [1.29, 1.82) is 0 Å². The summed E-state index contributed by atoms with van der Waals surface area (Å²) in [4.78, 5) is 26.7. The molecule has 0 saturated heterocycles. The number of benzene rings is 2. The maximum Gasteiger partial charge on any atom is 0.224 e. The summed E-state index contributed by atoms with van der Waals surface area (Å²) in [5.41, 5.74) is 4.24. The van der Waals surface area contributed by atoms with Crippen LogP contribution in [0.25, 0.3) is 10.9 Å². The molecule has 0 radical (unpaired) electrons. The number of unbranched alkanes of at least 4 members (excludes halogenated alkanes) is 5. The molecule has 3 aromatic rings. The molecule has 0 saturated carbocycles. The third-order valence-electron chi connectivity index (χ3n) is 7.12. The molecule has 0 bridgehead atoms. The number of fused-ring (bicyclic) bond motifs is 1. The van der Waals surface area contributed by atoms with Gasteiger partial charge in [-0.15, -0.1) is 0 Å². The molecule has 0 aliphatic carbocycles. The standard InChI is InChI=1S/C31H43N3O3/c1-4-5-20-33(3)31(37)16-12-7-6-8-13-19-32-30(36)22-27-24(2)34(23-25-14-10-9-11-15-25)29-18-17-26(35)21-28(27)29/h9-11,14-15,17-18,21,35H,4-8,12-13,16,19-20,22-23H2,1-3H3,(H,32,36). The van der Waals surface area contributed by atoms with Gasteiger partial charge in [0.05, 0.1) is 6.42 Å². The van der Waals surface area contributed by atoms with Crippen molar-refractivity contribution in [2.75, 3.05) is 20.1 Å². The van der Waals surface area contributed by atoms with Gasteiger partial charge in [0, 0.05) is 49.7 Å². The Morgan fingerprint density at radius 1 is 0.973 bits per heavy atom. The normalized spacial score (nSPS) is 11.1. The van der Waals surface area contributed by atoms with E-state index in [1.165, 1.54) is 5.56 Å². The van der Waals surface area contributed by atoms with Crippen LogP contribution in [0.4, 0.5) is 0 Å². The average molecular weight is 506 g/mol. The minimum Gasteiger partial charge on any atom is -0.508 e. The molecule has 1 heterocycles. The Bertz CT molecular complexity index is 1150. The molecular weight excluding hydrogens is 462 g/mol. The molecule has 2 N–H and O–H groups in total. The Labute approximate surface area is 221 Å². The second kappa shape index (κ2) is 14.5. The van der Waals surface area contributed by atoms with Crippen LogP contribution in [0.2, 0.25) is 0 Å². The zero-order chi connectivity index (χ0) is 26.6. The van der Waals surface area contributed by atoms with Gasteiger partial charge in [0.25, 0.3) is 0 Å². The first-order valence-electron chi connectivity index (χ1n) is 13.8. The lowest BCUT2D eigenvalue weighted by Crippen LogP contribution is -2.27. The van der Waals surface area contributed by atoms with E-state index in [1.807, 2.05) is 36.2 Å². The minimum absolute atomic E-state index is 0.00548. The molecule has 200 valence electrons.